The van der Waals surface area contributed by atoms with Crippen LogP contribution in [0.1, 0.15) is 42.5 Å². The maximum Gasteiger partial charge on any atom is 0.263 e. The Morgan fingerprint density at radius 3 is 2.30 bits per heavy atom. The summed E-state index contributed by atoms with van der Waals surface area (Å²) in [6.07, 6.45) is -2.65. The van der Waals surface area contributed by atoms with Crippen molar-refractivity contribution < 1.29 is 26.7 Å². The molecule has 1 heterocycles. The number of benzene rings is 2. The molecule has 0 radical (unpaired) electrons. The fourth-order valence-electron chi connectivity index (χ4n) is 2.96. The standard InChI is InChI=1S/C20H18F2O4S/c1-20(2)18(23)16(14-4-3-5-15(10-14)19(21)22)17(26-20)13-8-6-12(7-9-13)11-27(24)25/h3-10,19,27H,11H2,1-2H3. The highest BCUT2D eigenvalue weighted by atomic mass is 32.2. The molecule has 0 bridgehead atoms. The number of hydrogen-bond donors (Lipinski definition) is 1. The summed E-state index contributed by atoms with van der Waals surface area (Å²) in [6, 6.07) is 12.3. The van der Waals surface area contributed by atoms with Gasteiger partial charge < -0.3 is 4.74 Å². The monoisotopic (exact) mass is 392 g/mol. The van der Waals surface area contributed by atoms with Crippen LogP contribution in [0.15, 0.2) is 48.5 Å². The molecule has 27 heavy (non-hydrogen) atoms. The number of carbonyl (C=O) groups is 1. The molecule has 1 aliphatic rings. The van der Waals surface area contributed by atoms with Gasteiger partial charge in [-0.05, 0) is 31.0 Å². The van der Waals surface area contributed by atoms with Crippen LogP contribution in [0.5, 0.6) is 0 Å². The highest BCUT2D eigenvalue weighted by Crippen LogP contribution is 2.41. The minimum atomic E-state index is -2.65. The van der Waals surface area contributed by atoms with Crippen molar-refractivity contribution in [2.24, 2.45) is 0 Å². The van der Waals surface area contributed by atoms with Gasteiger partial charge in [0, 0.05) is 11.1 Å². The van der Waals surface area contributed by atoms with Gasteiger partial charge in [0.1, 0.15) is 16.5 Å². The van der Waals surface area contributed by atoms with Gasteiger partial charge in [-0.3, -0.25) is 4.79 Å². The minimum Gasteiger partial charge on any atom is -0.478 e. The Hall–Kier alpha value is -2.54. The van der Waals surface area contributed by atoms with E-state index in [9.17, 15) is 22.0 Å². The summed E-state index contributed by atoms with van der Waals surface area (Å²) >= 11 is 0. The van der Waals surface area contributed by atoms with Crippen molar-refractivity contribution in [1.82, 2.24) is 0 Å². The maximum absolute atomic E-state index is 13.1. The summed E-state index contributed by atoms with van der Waals surface area (Å²) in [7, 11) is -2.54. The second-order valence-corrected chi connectivity index (χ2v) is 7.74. The Balaban J connectivity index is 2.11. The topological polar surface area (TPSA) is 60.4 Å². The molecule has 4 nitrogen and oxygen atoms in total. The Kier molecular flexibility index (Phi) is 5.15. The zero-order chi connectivity index (χ0) is 19.8. The second kappa shape index (κ2) is 7.23. The molecule has 0 N–H and O–H groups in total. The molecule has 2 aromatic carbocycles. The van der Waals surface area contributed by atoms with Crippen molar-refractivity contribution >= 4 is 27.8 Å². The number of thiol groups is 1. The second-order valence-electron chi connectivity index (χ2n) is 6.76. The van der Waals surface area contributed by atoms with Crippen molar-refractivity contribution in [3.8, 4) is 0 Å². The molecule has 0 aliphatic carbocycles. The van der Waals surface area contributed by atoms with Crippen molar-refractivity contribution in [3.63, 3.8) is 0 Å². The van der Waals surface area contributed by atoms with Gasteiger partial charge in [-0.2, -0.15) is 0 Å². The third-order valence-corrected chi connectivity index (χ3v) is 4.94. The first-order valence-electron chi connectivity index (χ1n) is 8.27. The fraction of sp³-hybridized carbons (Fsp3) is 0.250. The van der Waals surface area contributed by atoms with Gasteiger partial charge >= 0.3 is 0 Å². The van der Waals surface area contributed by atoms with E-state index in [2.05, 4.69) is 0 Å². The van der Waals surface area contributed by atoms with E-state index in [1.807, 2.05) is 0 Å². The molecule has 0 spiro atoms. The average Bonchev–Trinajstić information content (AvgIpc) is 2.85. The van der Waals surface area contributed by atoms with Gasteiger partial charge in [-0.15, -0.1) is 0 Å². The normalized spacial score (nSPS) is 16.3. The van der Waals surface area contributed by atoms with Crippen molar-refractivity contribution in [2.45, 2.75) is 31.6 Å². The highest BCUT2D eigenvalue weighted by Gasteiger charge is 2.42. The van der Waals surface area contributed by atoms with Crippen LogP contribution in [0.4, 0.5) is 8.78 Å². The first-order chi connectivity index (χ1) is 12.7. The van der Waals surface area contributed by atoms with E-state index in [1.54, 1.807) is 44.2 Å². The first kappa shape index (κ1) is 19.2. The molecule has 1 aliphatic heterocycles. The summed E-state index contributed by atoms with van der Waals surface area (Å²) in [4.78, 5) is 12.9. The van der Waals surface area contributed by atoms with Crippen LogP contribution in [0.25, 0.3) is 11.3 Å². The lowest BCUT2D eigenvalue weighted by Crippen LogP contribution is -2.29. The van der Waals surface area contributed by atoms with Crippen LogP contribution in [0.2, 0.25) is 0 Å². The molecule has 0 saturated carbocycles. The Morgan fingerprint density at radius 2 is 1.70 bits per heavy atom. The lowest BCUT2D eigenvalue weighted by atomic mass is 9.92. The average molecular weight is 392 g/mol. The molecule has 142 valence electrons. The summed E-state index contributed by atoms with van der Waals surface area (Å²) in [5.41, 5.74) is 0.501. The Labute approximate surface area is 157 Å². The van der Waals surface area contributed by atoms with Crippen LogP contribution < -0.4 is 0 Å². The van der Waals surface area contributed by atoms with Crippen LogP contribution in [0, 0.1) is 0 Å². The predicted octanol–water partition coefficient (Wildman–Crippen LogP) is 3.98. The van der Waals surface area contributed by atoms with Crippen molar-refractivity contribution in [2.75, 3.05) is 0 Å². The SMILES string of the molecule is CC1(C)OC(c2ccc(C[SH](=O)=O)cc2)=C(c2cccc(C(F)F)c2)C1=O. The number of Topliss-reactive ketones (excluding diaryl/α,β-unsaturated/α-hetero) is 1. The van der Waals surface area contributed by atoms with Crippen molar-refractivity contribution in [1.29, 1.82) is 0 Å². The number of ketones is 1. The number of alkyl halides is 2. The number of carbonyl (C=O) groups excluding carboxylic acids is 1. The zero-order valence-corrected chi connectivity index (χ0v) is 15.6. The van der Waals surface area contributed by atoms with Crippen LogP contribution >= 0.6 is 0 Å². The van der Waals surface area contributed by atoms with E-state index in [-0.39, 0.29) is 22.7 Å². The lowest BCUT2D eigenvalue weighted by Gasteiger charge is -2.17. The predicted molar refractivity (Wildman–Crippen MR) is 98.8 cm³/mol. The zero-order valence-electron chi connectivity index (χ0n) is 14.7. The van der Waals surface area contributed by atoms with Gasteiger partial charge in [0.15, 0.2) is 5.60 Å². The highest BCUT2D eigenvalue weighted by molar-refractivity contribution is 7.71. The van der Waals surface area contributed by atoms with E-state index >= 15 is 0 Å². The van der Waals surface area contributed by atoms with Crippen molar-refractivity contribution in [3.05, 3.63) is 70.8 Å². The quantitative estimate of drug-likeness (QED) is 0.782. The summed E-state index contributed by atoms with van der Waals surface area (Å²) in [6.45, 7) is 3.24. The van der Waals surface area contributed by atoms with E-state index in [0.717, 1.165) is 0 Å². The molecule has 0 fully saturated rings. The summed E-state index contributed by atoms with van der Waals surface area (Å²) in [5.74, 6) is -0.0754. The van der Waals surface area contributed by atoms with Crippen LogP contribution in [-0.2, 0) is 26.0 Å². The molecule has 3 rings (SSSR count). The third-order valence-electron chi connectivity index (χ3n) is 4.31. The molecule has 0 amide bonds. The van der Waals surface area contributed by atoms with E-state index < -0.39 is 22.7 Å². The Morgan fingerprint density at radius 1 is 1.04 bits per heavy atom. The minimum absolute atomic E-state index is 0.0801. The number of ether oxygens (including phenoxy) is 1. The van der Waals surface area contributed by atoms with Crippen LogP contribution in [0.3, 0.4) is 0 Å². The molecule has 0 atom stereocenters. The molecular weight excluding hydrogens is 374 g/mol. The number of hydrogen-bond acceptors (Lipinski definition) is 4. The van der Waals surface area contributed by atoms with E-state index in [0.29, 0.717) is 22.4 Å². The molecular formula is C20H18F2O4S. The smallest absolute Gasteiger partial charge is 0.263 e. The Bertz CT molecular complexity index is 981. The number of halogens is 2. The molecule has 0 saturated heterocycles. The summed E-state index contributed by atoms with van der Waals surface area (Å²) in [5, 5.41) is 0. The molecule has 0 aromatic heterocycles. The maximum atomic E-state index is 13.1. The molecule has 2 aromatic rings. The van der Waals surface area contributed by atoms with Crippen LogP contribution in [-0.4, -0.2) is 19.8 Å². The van der Waals surface area contributed by atoms with Gasteiger partial charge in [0.05, 0.1) is 11.3 Å². The largest absolute Gasteiger partial charge is 0.478 e. The van der Waals surface area contributed by atoms with E-state index in [1.165, 1.54) is 18.2 Å². The van der Waals surface area contributed by atoms with Gasteiger partial charge in [0.2, 0.25) is 5.78 Å². The summed E-state index contributed by atoms with van der Waals surface area (Å²) < 4.78 is 53.7. The molecule has 0 unspecified atom stereocenters. The van der Waals surface area contributed by atoms with Gasteiger partial charge in [-0.1, -0.05) is 42.5 Å². The van der Waals surface area contributed by atoms with Gasteiger partial charge in [-0.25, -0.2) is 17.2 Å². The third kappa shape index (κ3) is 3.93. The lowest BCUT2D eigenvalue weighted by molar-refractivity contribution is -0.125. The number of rotatable bonds is 5. The van der Waals surface area contributed by atoms with Gasteiger partial charge in [0.25, 0.3) is 6.43 Å². The fourth-order valence-corrected chi connectivity index (χ4v) is 3.47. The van der Waals surface area contributed by atoms with E-state index in [4.69, 9.17) is 4.74 Å². The first-order valence-corrected chi connectivity index (χ1v) is 9.63. The molecule has 7 heteroatoms.